The lowest BCUT2D eigenvalue weighted by Gasteiger charge is -2.04. The first kappa shape index (κ1) is 11.9. The predicted octanol–water partition coefficient (Wildman–Crippen LogP) is 1.09. The maximum atomic E-state index is 11.0. The van der Waals surface area contributed by atoms with Crippen molar-refractivity contribution in [3.05, 3.63) is 35.9 Å². The van der Waals surface area contributed by atoms with Crippen molar-refractivity contribution in [1.29, 1.82) is 0 Å². The quantitative estimate of drug-likeness (QED) is 0.846. The van der Waals surface area contributed by atoms with Crippen molar-refractivity contribution in [2.75, 3.05) is 18.2 Å². The molecule has 0 radical (unpaired) electrons. The molecular weight excluding hydrogens is 234 g/mol. The number of nitrogens with zero attached hydrogens (tertiary/aromatic N) is 3. The second-order valence-corrected chi connectivity index (χ2v) is 3.58. The fraction of sp³-hybridized carbons (Fsp3) is 0.182. The van der Waals surface area contributed by atoms with Crippen LogP contribution in [0.5, 0.6) is 0 Å². The van der Waals surface area contributed by atoms with Crippen LogP contribution < -0.4 is 11.1 Å². The summed E-state index contributed by atoms with van der Waals surface area (Å²) in [7, 11) is 1.26. The topological polar surface area (TPSA) is 95.1 Å². The smallest absolute Gasteiger partial charge is 0.412 e. The Morgan fingerprint density at radius 3 is 2.83 bits per heavy atom. The molecule has 1 amide bonds. The molecule has 0 atom stereocenters. The molecular formula is C11H13N5O2. The molecule has 0 saturated heterocycles. The highest BCUT2D eigenvalue weighted by Crippen LogP contribution is 2.15. The van der Waals surface area contributed by atoms with Crippen LogP contribution in [-0.2, 0) is 11.3 Å². The normalized spacial score (nSPS) is 10.1. The molecule has 18 heavy (non-hydrogen) atoms. The van der Waals surface area contributed by atoms with Crippen LogP contribution in [0, 0.1) is 0 Å². The number of anilines is 2. The SMILES string of the molecule is COC(=O)Nc1nnn(Cc2ccccc2)c1N. The first-order valence-electron chi connectivity index (χ1n) is 5.28. The zero-order valence-corrected chi connectivity index (χ0v) is 9.83. The third kappa shape index (κ3) is 2.57. The summed E-state index contributed by atoms with van der Waals surface area (Å²) in [6.45, 7) is 0.489. The Labute approximate surface area is 104 Å². The summed E-state index contributed by atoms with van der Waals surface area (Å²) in [5.41, 5.74) is 6.86. The number of hydrogen-bond acceptors (Lipinski definition) is 5. The van der Waals surface area contributed by atoms with E-state index in [0.29, 0.717) is 6.54 Å². The molecule has 1 aromatic heterocycles. The Morgan fingerprint density at radius 1 is 1.44 bits per heavy atom. The van der Waals surface area contributed by atoms with Gasteiger partial charge < -0.3 is 10.5 Å². The number of benzene rings is 1. The van der Waals surface area contributed by atoms with E-state index in [-0.39, 0.29) is 11.6 Å². The van der Waals surface area contributed by atoms with E-state index in [1.165, 1.54) is 11.8 Å². The highest BCUT2D eigenvalue weighted by molar-refractivity contribution is 5.86. The molecule has 0 unspecified atom stereocenters. The lowest BCUT2D eigenvalue weighted by Crippen LogP contribution is -2.13. The minimum atomic E-state index is -0.631. The average Bonchev–Trinajstić information content (AvgIpc) is 2.73. The number of nitrogen functional groups attached to an aromatic ring is 1. The van der Waals surface area contributed by atoms with Gasteiger partial charge in [-0.2, -0.15) is 0 Å². The van der Waals surface area contributed by atoms with Gasteiger partial charge in [-0.25, -0.2) is 9.48 Å². The highest BCUT2D eigenvalue weighted by Gasteiger charge is 2.12. The fourth-order valence-corrected chi connectivity index (χ4v) is 1.43. The van der Waals surface area contributed by atoms with E-state index in [2.05, 4.69) is 20.4 Å². The molecule has 0 aliphatic rings. The van der Waals surface area contributed by atoms with Gasteiger partial charge in [0.25, 0.3) is 0 Å². The zero-order chi connectivity index (χ0) is 13.0. The first-order chi connectivity index (χ1) is 8.70. The molecule has 0 saturated carbocycles. The van der Waals surface area contributed by atoms with Gasteiger partial charge in [-0.1, -0.05) is 35.5 Å². The van der Waals surface area contributed by atoms with Crippen molar-refractivity contribution >= 4 is 17.7 Å². The Morgan fingerprint density at radius 2 is 2.17 bits per heavy atom. The second-order valence-electron chi connectivity index (χ2n) is 3.58. The summed E-state index contributed by atoms with van der Waals surface area (Å²) in [5, 5.41) is 10.0. The van der Waals surface area contributed by atoms with Crippen LogP contribution >= 0.6 is 0 Å². The second kappa shape index (κ2) is 5.17. The van der Waals surface area contributed by atoms with Gasteiger partial charge in [0, 0.05) is 0 Å². The highest BCUT2D eigenvalue weighted by atomic mass is 16.5. The van der Waals surface area contributed by atoms with Crippen molar-refractivity contribution in [2.45, 2.75) is 6.54 Å². The Kier molecular flexibility index (Phi) is 3.42. The van der Waals surface area contributed by atoms with Gasteiger partial charge in [0.15, 0.2) is 5.82 Å². The maximum absolute atomic E-state index is 11.0. The molecule has 0 fully saturated rings. The van der Waals surface area contributed by atoms with Gasteiger partial charge in [0.2, 0.25) is 5.82 Å². The predicted molar refractivity (Wildman–Crippen MR) is 66.0 cm³/mol. The number of ether oxygens (including phenoxy) is 1. The Hall–Kier alpha value is -2.57. The minimum absolute atomic E-state index is 0.192. The van der Waals surface area contributed by atoms with Crippen molar-refractivity contribution in [1.82, 2.24) is 15.0 Å². The number of aromatic nitrogens is 3. The maximum Gasteiger partial charge on any atom is 0.412 e. The fourth-order valence-electron chi connectivity index (χ4n) is 1.43. The summed E-state index contributed by atoms with van der Waals surface area (Å²) in [6, 6.07) is 9.69. The summed E-state index contributed by atoms with van der Waals surface area (Å²) >= 11 is 0. The van der Waals surface area contributed by atoms with E-state index in [1.807, 2.05) is 30.3 Å². The molecule has 7 heteroatoms. The lowest BCUT2D eigenvalue weighted by molar-refractivity contribution is 0.187. The van der Waals surface area contributed by atoms with Crippen LogP contribution in [0.25, 0.3) is 0 Å². The molecule has 1 aromatic carbocycles. The number of carbonyl (C=O) groups excluding carboxylic acids is 1. The number of carbonyl (C=O) groups is 1. The van der Waals surface area contributed by atoms with Gasteiger partial charge in [-0.15, -0.1) is 5.10 Å². The van der Waals surface area contributed by atoms with Crippen molar-refractivity contribution in [3.63, 3.8) is 0 Å². The number of rotatable bonds is 3. The third-order valence-corrected chi connectivity index (χ3v) is 2.35. The van der Waals surface area contributed by atoms with Crippen LogP contribution in [0.1, 0.15) is 5.56 Å². The van der Waals surface area contributed by atoms with Crippen LogP contribution in [0.15, 0.2) is 30.3 Å². The monoisotopic (exact) mass is 247 g/mol. The lowest BCUT2D eigenvalue weighted by atomic mass is 10.2. The largest absolute Gasteiger partial charge is 0.453 e. The van der Waals surface area contributed by atoms with Crippen molar-refractivity contribution in [2.24, 2.45) is 0 Å². The summed E-state index contributed by atoms with van der Waals surface area (Å²) in [4.78, 5) is 11.0. The third-order valence-electron chi connectivity index (χ3n) is 2.35. The van der Waals surface area contributed by atoms with Gasteiger partial charge in [-0.3, -0.25) is 5.32 Å². The van der Waals surface area contributed by atoms with E-state index in [4.69, 9.17) is 5.73 Å². The van der Waals surface area contributed by atoms with E-state index in [1.54, 1.807) is 0 Å². The molecule has 0 aliphatic carbocycles. The van der Waals surface area contributed by atoms with Crippen LogP contribution in [-0.4, -0.2) is 28.2 Å². The molecule has 2 aromatic rings. The molecule has 3 N–H and O–H groups in total. The molecule has 1 heterocycles. The van der Waals surface area contributed by atoms with Crippen LogP contribution in [0.3, 0.4) is 0 Å². The van der Waals surface area contributed by atoms with Gasteiger partial charge in [0.1, 0.15) is 0 Å². The van der Waals surface area contributed by atoms with Crippen molar-refractivity contribution < 1.29 is 9.53 Å². The van der Waals surface area contributed by atoms with Gasteiger partial charge in [-0.05, 0) is 5.56 Å². The number of nitrogens with two attached hydrogens (primary N) is 1. The van der Waals surface area contributed by atoms with Gasteiger partial charge in [0.05, 0.1) is 13.7 Å². The molecule has 7 nitrogen and oxygen atoms in total. The van der Waals surface area contributed by atoms with E-state index in [0.717, 1.165) is 5.56 Å². The standard InChI is InChI=1S/C11H13N5O2/c1-18-11(17)13-10-9(12)16(15-14-10)7-8-5-3-2-4-6-8/h2-6H,7,12H2,1H3,(H,13,17). The average molecular weight is 247 g/mol. The molecule has 2 rings (SSSR count). The number of hydrogen-bond donors (Lipinski definition) is 2. The van der Waals surface area contributed by atoms with E-state index < -0.39 is 6.09 Å². The molecule has 0 bridgehead atoms. The van der Waals surface area contributed by atoms with Crippen LogP contribution in [0.4, 0.5) is 16.4 Å². The number of methoxy groups -OCH3 is 1. The van der Waals surface area contributed by atoms with Crippen molar-refractivity contribution in [3.8, 4) is 0 Å². The summed E-state index contributed by atoms with van der Waals surface area (Å²) in [5.74, 6) is 0.474. The zero-order valence-electron chi connectivity index (χ0n) is 9.83. The summed E-state index contributed by atoms with van der Waals surface area (Å²) in [6.07, 6.45) is -0.631. The minimum Gasteiger partial charge on any atom is -0.453 e. The first-order valence-corrected chi connectivity index (χ1v) is 5.28. The Balaban J connectivity index is 2.13. The Bertz CT molecular complexity index is 538. The molecule has 94 valence electrons. The molecule has 0 aliphatic heterocycles. The summed E-state index contributed by atoms with van der Waals surface area (Å²) < 4.78 is 5.95. The van der Waals surface area contributed by atoms with E-state index in [9.17, 15) is 4.79 Å². The number of nitrogens with one attached hydrogen (secondary N) is 1. The van der Waals surface area contributed by atoms with Gasteiger partial charge >= 0.3 is 6.09 Å². The molecule has 0 spiro atoms. The van der Waals surface area contributed by atoms with Crippen LogP contribution in [0.2, 0.25) is 0 Å². The number of amides is 1. The van der Waals surface area contributed by atoms with E-state index >= 15 is 0 Å².